The number of halogens is 1. The van der Waals surface area contributed by atoms with Gasteiger partial charge >= 0.3 is 0 Å². The van der Waals surface area contributed by atoms with Crippen LogP contribution in [0.15, 0.2) is 36.4 Å². The lowest BCUT2D eigenvalue weighted by molar-refractivity contribution is -0.131. The van der Waals surface area contributed by atoms with Gasteiger partial charge in [0.15, 0.2) is 0 Å². The lowest BCUT2D eigenvalue weighted by Crippen LogP contribution is -2.27. The van der Waals surface area contributed by atoms with E-state index >= 15 is 0 Å². The highest BCUT2D eigenvalue weighted by Crippen LogP contribution is 2.21. The van der Waals surface area contributed by atoms with Crippen molar-refractivity contribution < 1.29 is 9.18 Å². The Balaban J connectivity index is 1.88. The fraction of sp³-hybridized carbons (Fsp3) is 0.400. The fourth-order valence-corrected chi connectivity index (χ4v) is 2.24. The van der Waals surface area contributed by atoms with Crippen LogP contribution in [0.1, 0.15) is 24.8 Å². The van der Waals surface area contributed by atoms with E-state index in [1.165, 1.54) is 12.1 Å². The Hall–Kier alpha value is -1.64. The third-order valence-corrected chi connectivity index (χ3v) is 3.28. The molecule has 1 aromatic rings. The van der Waals surface area contributed by atoms with Gasteiger partial charge in [-0.3, -0.25) is 4.79 Å². The molecule has 0 saturated heterocycles. The third-order valence-electron chi connectivity index (χ3n) is 3.28. The van der Waals surface area contributed by atoms with Gasteiger partial charge in [-0.2, -0.15) is 0 Å². The summed E-state index contributed by atoms with van der Waals surface area (Å²) >= 11 is 0. The van der Waals surface area contributed by atoms with E-state index < -0.39 is 0 Å². The Morgan fingerprint density at radius 2 is 2.33 bits per heavy atom. The molecule has 3 heteroatoms. The maximum Gasteiger partial charge on any atom is 0.223 e. The Morgan fingerprint density at radius 1 is 1.50 bits per heavy atom. The monoisotopic (exact) mass is 247 g/mol. The number of carbonyl (C=O) groups is 1. The lowest BCUT2D eigenvalue weighted by Gasteiger charge is -2.19. The summed E-state index contributed by atoms with van der Waals surface area (Å²) in [5.41, 5.74) is 0.827. The Labute approximate surface area is 107 Å². The van der Waals surface area contributed by atoms with Gasteiger partial charge in [-0.05, 0) is 36.5 Å². The molecular formula is C15H18FNO. The fourth-order valence-electron chi connectivity index (χ4n) is 2.24. The molecule has 0 heterocycles. The quantitative estimate of drug-likeness (QED) is 0.748. The molecule has 0 N–H and O–H groups in total. The van der Waals surface area contributed by atoms with Crippen LogP contribution in [0.25, 0.3) is 0 Å². The number of nitrogens with zero attached hydrogens (tertiary/aromatic N) is 1. The molecular weight excluding hydrogens is 229 g/mol. The van der Waals surface area contributed by atoms with Crippen molar-refractivity contribution in [2.75, 3.05) is 7.05 Å². The maximum atomic E-state index is 13.0. The summed E-state index contributed by atoms with van der Waals surface area (Å²) < 4.78 is 13.0. The van der Waals surface area contributed by atoms with E-state index in [-0.39, 0.29) is 11.7 Å². The number of benzene rings is 1. The van der Waals surface area contributed by atoms with Gasteiger partial charge in [-0.25, -0.2) is 4.39 Å². The highest BCUT2D eigenvalue weighted by molar-refractivity contribution is 5.76. The van der Waals surface area contributed by atoms with E-state index in [1.807, 2.05) is 6.07 Å². The number of allylic oxidation sites excluding steroid dienone is 2. The highest BCUT2D eigenvalue weighted by Gasteiger charge is 2.17. The van der Waals surface area contributed by atoms with E-state index in [0.717, 1.165) is 18.4 Å². The summed E-state index contributed by atoms with van der Waals surface area (Å²) in [6.07, 6.45) is 6.95. The molecule has 0 radical (unpaired) electrons. The third kappa shape index (κ3) is 3.42. The van der Waals surface area contributed by atoms with Gasteiger partial charge in [-0.15, -0.1) is 0 Å². The summed E-state index contributed by atoms with van der Waals surface area (Å²) in [6, 6.07) is 6.39. The highest BCUT2D eigenvalue weighted by atomic mass is 19.1. The Kier molecular flexibility index (Phi) is 4.13. The largest absolute Gasteiger partial charge is 0.341 e. The van der Waals surface area contributed by atoms with Crippen LogP contribution in [0.5, 0.6) is 0 Å². The van der Waals surface area contributed by atoms with Crippen molar-refractivity contribution in [3.8, 4) is 0 Å². The zero-order chi connectivity index (χ0) is 13.0. The van der Waals surface area contributed by atoms with Crippen LogP contribution < -0.4 is 0 Å². The summed E-state index contributed by atoms with van der Waals surface area (Å²) in [5.74, 6) is 0.246. The standard InChI is InChI=1S/C15H18FNO/c1-17(11-13-7-4-8-14(16)9-13)15(18)10-12-5-2-3-6-12/h2,4-5,7-9,12H,3,6,10-11H2,1H3. The van der Waals surface area contributed by atoms with E-state index in [9.17, 15) is 9.18 Å². The zero-order valence-corrected chi connectivity index (χ0v) is 10.6. The second kappa shape index (κ2) is 5.80. The predicted octanol–water partition coefficient (Wildman–Crippen LogP) is 3.14. The van der Waals surface area contributed by atoms with Crippen LogP contribution in [0.4, 0.5) is 4.39 Å². The van der Waals surface area contributed by atoms with Crippen molar-refractivity contribution in [2.45, 2.75) is 25.8 Å². The summed E-state index contributed by atoms with van der Waals surface area (Å²) in [4.78, 5) is 13.7. The molecule has 96 valence electrons. The molecule has 2 nitrogen and oxygen atoms in total. The molecule has 1 atom stereocenters. The van der Waals surface area contributed by atoms with Crippen molar-refractivity contribution in [1.29, 1.82) is 0 Å². The van der Waals surface area contributed by atoms with E-state index in [0.29, 0.717) is 18.9 Å². The SMILES string of the molecule is CN(Cc1cccc(F)c1)C(=O)CC1C=CCC1. The van der Waals surface area contributed by atoms with Crippen LogP contribution in [0.3, 0.4) is 0 Å². The molecule has 1 aromatic carbocycles. The Morgan fingerprint density at radius 3 is 3.00 bits per heavy atom. The molecule has 0 aromatic heterocycles. The smallest absolute Gasteiger partial charge is 0.223 e. The molecule has 0 spiro atoms. The van der Waals surface area contributed by atoms with Crippen molar-refractivity contribution in [3.05, 3.63) is 47.8 Å². The molecule has 1 aliphatic carbocycles. The second-order valence-electron chi connectivity index (χ2n) is 4.85. The van der Waals surface area contributed by atoms with Crippen molar-refractivity contribution in [1.82, 2.24) is 4.90 Å². The average Bonchev–Trinajstić information content (AvgIpc) is 2.81. The van der Waals surface area contributed by atoms with E-state index in [2.05, 4.69) is 12.2 Å². The molecule has 0 saturated carbocycles. The van der Waals surface area contributed by atoms with Crippen LogP contribution in [-0.4, -0.2) is 17.9 Å². The molecule has 1 aliphatic rings. The molecule has 1 unspecified atom stereocenters. The van der Waals surface area contributed by atoms with Gasteiger partial charge in [0.05, 0.1) is 0 Å². The second-order valence-corrected chi connectivity index (χ2v) is 4.85. The first-order chi connectivity index (χ1) is 8.65. The number of amides is 1. The number of hydrogen-bond donors (Lipinski definition) is 0. The Bertz CT molecular complexity index is 456. The number of rotatable bonds is 4. The topological polar surface area (TPSA) is 20.3 Å². The summed E-state index contributed by atoms with van der Waals surface area (Å²) in [6.45, 7) is 0.465. The van der Waals surface area contributed by atoms with Gasteiger partial charge in [0.25, 0.3) is 0 Å². The van der Waals surface area contributed by atoms with Crippen LogP contribution in [0, 0.1) is 11.7 Å². The predicted molar refractivity (Wildman–Crippen MR) is 69.4 cm³/mol. The zero-order valence-electron chi connectivity index (χ0n) is 10.6. The minimum absolute atomic E-state index is 0.121. The first kappa shape index (κ1) is 12.8. The average molecular weight is 247 g/mol. The van der Waals surface area contributed by atoms with Crippen molar-refractivity contribution in [3.63, 3.8) is 0 Å². The summed E-state index contributed by atoms with van der Waals surface area (Å²) in [5, 5.41) is 0. The van der Waals surface area contributed by atoms with Gasteiger partial charge in [0.1, 0.15) is 5.82 Å². The molecule has 0 bridgehead atoms. The van der Waals surface area contributed by atoms with Crippen LogP contribution in [0.2, 0.25) is 0 Å². The van der Waals surface area contributed by atoms with Gasteiger partial charge in [0, 0.05) is 20.0 Å². The van der Waals surface area contributed by atoms with Crippen molar-refractivity contribution >= 4 is 5.91 Å². The van der Waals surface area contributed by atoms with Crippen molar-refractivity contribution in [2.24, 2.45) is 5.92 Å². The van der Waals surface area contributed by atoms with Gasteiger partial charge < -0.3 is 4.90 Å². The normalized spacial score (nSPS) is 18.0. The van der Waals surface area contributed by atoms with E-state index in [1.54, 1.807) is 18.0 Å². The van der Waals surface area contributed by atoms with Gasteiger partial charge in [-0.1, -0.05) is 24.3 Å². The molecule has 0 aliphatic heterocycles. The molecule has 0 fully saturated rings. The maximum absolute atomic E-state index is 13.0. The number of hydrogen-bond acceptors (Lipinski definition) is 1. The molecule has 2 rings (SSSR count). The first-order valence-electron chi connectivity index (χ1n) is 6.30. The molecule has 18 heavy (non-hydrogen) atoms. The first-order valence-corrected chi connectivity index (χ1v) is 6.30. The van der Waals surface area contributed by atoms with Gasteiger partial charge in [0.2, 0.25) is 5.91 Å². The minimum atomic E-state index is -0.257. The van der Waals surface area contributed by atoms with Crippen LogP contribution >= 0.6 is 0 Å². The molecule has 1 amide bonds. The van der Waals surface area contributed by atoms with Crippen LogP contribution in [-0.2, 0) is 11.3 Å². The minimum Gasteiger partial charge on any atom is -0.341 e. The lowest BCUT2D eigenvalue weighted by atomic mass is 10.0. The summed E-state index contributed by atoms with van der Waals surface area (Å²) in [7, 11) is 1.77. The van der Waals surface area contributed by atoms with E-state index in [4.69, 9.17) is 0 Å². The number of carbonyl (C=O) groups excluding carboxylic acids is 1.